The van der Waals surface area contributed by atoms with Crippen molar-refractivity contribution in [3.63, 3.8) is 0 Å². The van der Waals surface area contributed by atoms with E-state index in [0.717, 1.165) is 12.1 Å². The first kappa shape index (κ1) is 14.4. The van der Waals surface area contributed by atoms with E-state index < -0.39 is 17.4 Å². The highest BCUT2D eigenvalue weighted by molar-refractivity contribution is 5.75. The number of amides is 1. The van der Waals surface area contributed by atoms with Crippen LogP contribution in [0.2, 0.25) is 0 Å². The summed E-state index contributed by atoms with van der Waals surface area (Å²) in [6, 6.07) is 2.23. The van der Waals surface area contributed by atoms with E-state index in [-0.39, 0.29) is 25.5 Å². The summed E-state index contributed by atoms with van der Waals surface area (Å²) in [6.45, 7) is 2.26. The lowest BCUT2D eigenvalue weighted by molar-refractivity contribution is -0.121. The van der Waals surface area contributed by atoms with Gasteiger partial charge in [0.1, 0.15) is 0 Å². The number of carbonyl (C=O) groups excluding carboxylic acids is 1. The van der Waals surface area contributed by atoms with Crippen molar-refractivity contribution in [1.82, 2.24) is 5.32 Å². The lowest BCUT2D eigenvalue weighted by Crippen LogP contribution is -2.24. The Morgan fingerprint density at radius 2 is 2.00 bits per heavy atom. The minimum Gasteiger partial charge on any atom is -0.487 e. The van der Waals surface area contributed by atoms with E-state index >= 15 is 0 Å². The summed E-state index contributed by atoms with van der Waals surface area (Å²) in [6.07, 6.45) is 0.0470. The fourth-order valence-corrected chi connectivity index (χ4v) is 1.40. The Labute approximate surface area is 104 Å². The molecule has 0 bridgehead atoms. The molecule has 1 rings (SSSR count). The van der Waals surface area contributed by atoms with E-state index in [0.29, 0.717) is 12.1 Å². The molecule has 0 spiro atoms. The zero-order chi connectivity index (χ0) is 13.5. The van der Waals surface area contributed by atoms with Gasteiger partial charge in [-0.1, -0.05) is 0 Å². The molecule has 0 atom stereocenters. The molecule has 0 aliphatic heterocycles. The first-order valence-electron chi connectivity index (χ1n) is 5.66. The Morgan fingerprint density at radius 3 is 2.50 bits per heavy atom. The minimum absolute atomic E-state index is 0.0470. The molecule has 0 aromatic heterocycles. The molecule has 0 heterocycles. The summed E-state index contributed by atoms with van der Waals surface area (Å²) < 4.78 is 31.8. The van der Waals surface area contributed by atoms with Crippen LogP contribution in [0.5, 0.6) is 5.75 Å². The lowest BCUT2D eigenvalue weighted by Gasteiger charge is -2.09. The van der Waals surface area contributed by atoms with Crippen molar-refractivity contribution >= 4 is 5.91 Å². The maximum Gasteiger partial charge on any atom is 0.223 e. The third-order valence-electron chi connectivity index (χ3n) is 2.24. The molecule has 1 aromatic carbocycles. The summed E-state index contributed by atoms with van der Waals surface area (Å²) in [5, 5.41) is 2.56. The first-order valence-corrected chi connectivity index (χ1v) is 5.66. The van der Waals surface area contributed by atoms with Gasteiger partial charge in [0.25, 0.3) is 0 Å². The summed E-state index contributed by atoms with van der Waals surface area (Å²) >= 11 is 0. The molecule has 1 aromatic rings. The number of halogens is 2. The second-order valence-electron chi connectivity index (χ2n) is 3.64. The van der Waals surface area contributed by atoms with E-state index in [1.165, 1.54) is 0 Å². The Morgan fingerprint density at radius 1 is 1.39 bits per heavy atom. The Balaban J connectivity index is 2.60. The number of hydrogen-bond acceptors (Lipinski definition) is 3. The number of hydrogen-bond donors (Lipinski definition) is 2. The molecule has 0 unspecified atom stereocenters. The summed E-state index contributed by atoms with van der Waals surface area (Å²) in [5.74, 6) is -2.33. The molecule has 6 heteroatoms. The van der Waals surface area contributed by atoms with Gasteiger partial charge in [0, 0.05) is 13.1 Å². The first-order chi connectivity index (χ1) is 8.58. The topological polar surface area (TPSA) is 64.3 Å². The van der Waals surface area contributed by atoms with Crippen LogP contribution in [0, 0.1) is 11.6 Å². The van der Waals surface area contributed by atoms with Crippen LogP contribution in [0.3, 0.4) is 0 Å². The van der Waals surface area contributed by atoms with Crippen molar-refractivity contribution in [2.45, 2.75) is 19.9 Å². The van der Waals surface area contributed by atoms with E-state index in [9.17, 15) is 13.6 Å². The lowest BCUT2D eigenvalue weighted by atomic mass is 10.2. The maximum absolute atomic E-state index is 13.4. The van der Waals surface area contributed by atoms with E-state index in [2.05, 4.69) is 5.32 Å². The predicted octanol–water partition coefficient (Wildman–Crippen LogP) is 1.33. The average Bonchev–Trinajstić information content (AvgIpc) is 2.32. The van der Waals surface area contributed by atoms with Gasteiger partial charge < -0.3 is 15.8 Å². The summed E-state index contributed by atoms with van der Waals surface area (Å²) in [7, 11) is 0. The van der Waals surface area contributed by atoms with E-state index in [1.807, 2.05) is 0 Å². The fourth-order valence-electron chi connectivity index (χ4n) is 1.40. The predicted molar refractivity (Wildman–Crippen MR) is 63.0 cm³/mol. The quantitative estimate of drug-likeness (QED) is 0.809. The Kier molecular flexibility index (Phi) is 5.51. The highest BCUT2D eigenvalue weighted by atomic mass is 19.1. The molecule has 0 saturated carbocycles. The smallest absolute Gasteiger partial charge is 0.223 e. The normalized spacial score (nSPS) is 10.2. The second-order valence-corrected chi connectivity index (χ2v) is 3.64. The second kappa shape index (κ2) is 6.90. The molecule has 1 amide bonds. The van der Waals surface area contributed by atoms with Gasteiger partial charge in [-0.05, 0) is 24.6 Å². The van der Waals surface area contributed by atoms with Crippen molar-refractivity contribution in [3.05, 3.63) is 29.3 Å². The Bertz CT molecular complexity index is 402. The summed E-state index contributed by atoms with van der Waals surface area (Å²) in [5.41, 5.74) is 5.63. The van der Waals surface area contributed by atoms with Crippen molar-refractivity contribution in [2.75, 3.05) is 13.2 Å². The zero-order valence-corrected chi connectivity index (χ0v) is 10.1. The monoisotopic (exact) mass is 258 g/mol. The number of carbonyl (C=O) groups is 1. The van der Waals surface area contributed by atoms with Crippen LogP contribution in [0.4, 0.5) is 8.78 Å². The van der Waals surface area contributed by atoms with Crippen molar-refractivity contribution < 1.29 is 18.3 Å². The molecule has 0 aliphatic rings. The molecule has 3 N–H and O–H groups in total. The largest absolute Gasteiger partial charge is 0.487 e. The van der Waals surface area contributed by atoms with Crippen LogP contribution in [0.15, 0.2) is 12.1 Å². The molecular formula is C12H16F2N2O2. The highest BCUT2D eigenvalue weighted by Gasteiger charge is 2.12. The van der Waals surface area contributed by atoms with Gasteiger partial charge in [0.05, 0.1) is 13.0 Å². The number of rotatable bonds is 6. The van der Waals surface area contributed by atoms with Crippen molar-refractivity contribution in [1.29, 1.82) is 0 Å². The molecular weight excluding hydrogens is 242 g/mol. The minimum atomic E-state index is -0.814. The molecule has 0 saturated heterocycles. The zero-order valence-electron chi connectivity index (χ0n) is 10.1. The van der Waals surface area contributed by atoms with Gasteiger partial charge in [-0.2, -0.15) is 0 Å². The molecule has 0 radical (unpaired) electrons. The highest BCUT2D eigenvalue weighted by Crippen LogP contribution is 2.23. The van der Waals surface area contributed by atoms with Gasteiger partial charge in [-0.15, -0.1) is 0 Å². The number of ether oxygens (including phenoxy) is 1. The number of nitrogens with one attached hydrogen (secondary N) is 1. The number of benzene rings is 1. The summed E-state index contributed by atoms with van der Waals surface area (Å²) in [4.78, 5) is 11.1. The molecule has 0 aliphatic carbocycles. The van der Waals surface area contributed by atoms with E-state index in [1.54, 1.807) is 6.92 Å². The van der Waals surface area contributed by atoms with Gasteiger partial charge in [0.2, 0.25) is 5.91 Å². The SMILES string of the molecule is CCNC(=O)CCOc1c(F)cc(CN)cc1F. The van der Waals surface area contributed by atoms with E-state index in [4.69, 9.17) is 10.5 Å². The van der Waals surface area contributed by atoms with Crippen LogP contribution >= 0.6 is 0 Å². The molecule has 100 valence electrons. The third-order valence-corrected chi connectivity index (χ3v) is 2.24. The Hall–Kier alpha value is -1.69. The third kappa shape index (κ3) is 3.96. The van der Waals surface area contributed by atoms with Gasteiger partial charge >= 0.3 is 0 Å². The van der Waals surface area contributed by atoms with Crippen molar-refractivity contribution in [2.24, 2.45) is 5.73 Å². The number of nitrogens with two attached hydrogens (primary N) is 1. The fraction of sp³-hybridized carbons (Fsp3) is 0.417. The van der Waals surface area contributed by atoms with Gasteiger partial charge in [0.15, 0.2) is 17.4 Å². The molecule has 18 heavy (non-hydrogen) atoms. The molecule has 4 nitrogen and oxygen atoms in total. The van der Waals surface area contributed by atoms with Crippen LogP contribution < -0.4 is 15.8 Å². The standard InChI is InChI=1S/C12H16F2N2O2/c1-2-16-11(17)3-4-18-12-9(13)5-8(7-15)6-10(12)14/h5-6H,2-4,7,15H2,1H3,(H,16,17). The van der Waals surface area contributed by atoms with Gasteiger partial charge in [-0.25, -0.2) is 8.78 Å². The van der Waals surface area contributed by atoms with Crippen LogP contribution in [0.1, 0.15) is 18.9 Å². The molecule has 0 fully saturated rings. The van der Waals surface area contributed by atoms with Gasteiger partial charge in [-0.3, -0.25) is 4.79 Å². The van der Waals surface area contributed by atoms with Crippen LogP contribution in [-0.4, -0.2) is 19.1 Å². The van der Waals surface area contributed by atoms with Crippen LogP contribution in [-0.2, 0) is 11.3 Å². The van der Waals surface area contributed by atoms with Crippen molar-refractivity contribution in [3.8, 4) is 5.75 Å². The maximum atomic E-state index is 13.4. The average molecular weight is 258 g/mol. The van der Waals surface area contributed by atoms with Crippen LogP contribution in [0.25, 0.3) is 0 Å².